The quantitative estimate of drug-likeness (QED) is 0.857. The summed E-state index contributed by atoms with van der Waals surface area (Å²) < 4.78 is 11.2. The summed E-state index contributed by atoms with van der Waals surface area (Å²) in [5.74, 6) is 3.31. The number of nitrogens with two attached hydrogens (primary N) is 1. The zero-order valence-corrected chi connectivity index (χ0v) is 12.5. The molecule has 0 radical (unpaired) electrons. The molecule has 2 heterocycles. The van der Waals surface area contributed by atoms with Gasteiger partial charge in [0.25, 0.3) is 0 Å². The van der Waals surface area contributed by atoms with Crippen molar-refractivity contribution in [3.63, 3.8) is 0 Å². The number of H-pyrrole nitrogens is 1. The average molecular weight is 289 g/mol. The highest BCUT2D eigenvalue weighted by atomic mass is 16.6. The van der Waals surface area contributed by atoms with E-state index in [1.165, 1.54) is 6.42 Å². The zero-order chi connectivity index (χ0) is 14.7. The van der Waals surface area contributed by atoms with Crippen molar-refractivity contribution in [2.45, 2.75) is 32.6 Å². The summed E-state index contributed by atoms with van der Waals surface area (Å²) in [5, 5.41) is 0. The fourth-order valence-corrected chi connectivity index (χ4v) is 2.85. The summed E-state index contributed by atoms with van der Waals surface area (Å²) in [6.45, 7) is 4.20. The molecule has 1 aliphatic rings. The third-order valence-corrected chi connectivity index (χ3v) is 4.14. The van der Waals surface area contributed by atoms with Gasteiger partial charge in [-0.3, -0.25) is 0 Å². The first-order chi connectivity index (χ1) is 10.3. The van der Waals surface area contributed by atoms with Crippen LogP contribution in [0.15, 0.2) is 12.1 Å². The second-order valence-corrected chi connectivity index (χ2v) is 5.59. The lowest BCUT2D eigenvalue weighted by Crippen LogP contribution is -2.15. The van der Waals surface area contributed by atoms with Gasteiger partial charge in [0.2, 0.25) is 0 Å². The summed E-state index contributed by atoms with van der Waals surface area (Å²) in [4.78, 5) is 8.05. The Balaban J connectivity index is 1.74. The highest BCUT2D eigenvalue weighted by Gasteiger charge is 2.15. The molecular formula is C16H23N3O2. The second-order valence-electron chi connectivity index (χ2n) is 5.59. The van der Waals surface area contributed by atoms with Gasteiger partial charge < -0.3 is 20.2 Å². The fourth-order valence-electron chi connectivity index (χ4n) is 2.85. The summed E-state index contributed by atoms with van der Waals surface area (Å²) in [6.07, 6.45) is 4.35. The number of nitrogens with zero attached hydrogens (tertiary/aromatic N) is 1. The summed E-state index contributed by atoms with van der Waals surface area (Å²) in [7, 11) is 0. The number of hydrogen-bond acceptors (Lipinski definition) is 4. The Morgan fingerprint density at radius 3 is 2.71 bits per heavy atom. The van der Waals surface area contributed by atoms with Crippen molar-refractivity contribution in [3.8, 4) is 11.5 Å². The SMILES string of the molecule is CCC(CCN)CCc1nc2cc3c(cc2[nH]1)OCCO3. The molecule has 1 unspecified atom stereocenters. The predicted molar refractivity (Wildman–Crippen MR) is 82.9 cm³/mol. The van der Waals surface area contributed by atoms with Crippen LogP contribution in [0.3, 0.4) is 0 Å². The van der Waals surface area contributed by atoms with Gasteiger partial charge in [0, 0.05) is 18.6 Å². The molecule has 3 N–H and O–H groups in total. The Morgan fingerprint density at radius 1 is 1.24 bits per heavy atom. The van der Waals surface area contributed by atoms with Crippen LogP contribution >= 0.6 is 0 Å². The molecule has 0 saturated heterocycles. The molecule has 0 aliphatic carbocycles. The molecule has 21 heavy (non-hydrogen) atoms. The minimum absolute atomic E-state index is 0.604. The normalized spacial score (nSPS) is 15.3. The number of aryl methyl sites for hydroxylation is 1. The van der Waals surface area contributed by atoms with Crippen LogP contribution in [0.5, 0.6) is 11.5 Å². The van der Waals surface area contributed by atoms with Crippen LogP contribution in [0, 0.1) is 5.92 Å². The van der Waals surface area contributed by atoms with Crippen molar-refractivity contribution in [1.82, 2.24) is 9.97 Å². The first-order valence-electron chi connectivity index (χ1n) is 7.78. The molecule has 1 aromatic carbocycles. The zero-order valence-electron chi connectivity index (χ0n) is 12.5. The lowest BCUT2D eigenvalue weighted by molar-refractivity contribution is 0.172. The van der Waals surface area contributed by atoms with Crippen molar-refractivity contribution in [1.29, 1.82) is 0 Å². The molecule has 2 aromatic rings. The Bertz CT molecular complexity index is 566. The molecule has 5 nitrogen and oxygen atoms in total. The van der Waals surface area contributed by atoms with Gasteiger partial charge >= 0.3 is 0 Å². The molecule has 114 valence electrons. The third-order valence-electron chi connectivity index (χ3n) is 4.14. The van der Waals surface area contributed by atoms with Gasteiger partial charge in [0.05, 0.1) is 11.0 Å². The predicted octanol–water partition coefficient (Wildman–Crippen LogP) is 2.64. The fraction of sp³-hybridized carbons (Fsp3) is 0.562. The molecule has 0 spiro atoms. The van der Waals surface area contributed by atoms with E-state index in [1.54, 1.807) is 0 Å². The molecule has 0 bridgehead atoms. The van der Waals surface area contributed by atoms with Crippen molar-refractivity contribution in [2.24, 2.45) is 11.7 Å². The van der Waals surface area contributed by atoms with Gasteiger partial charge in [-0.15, -0.1) is 0 Å². The van der Waals surface area contributed by atoms with Crippen LogP contribution in [0.4, 0.5) is 0 Å². The van der Waals surface area contributed by atoms with Gasteiger partial charge in [0.15, 0.2) is 11.5 Å². The van der Waals surface area contributed by atoms with Crippen molar-refractivity contribution >= 4 is 11.0 Å². The number of aromatic amines is 1. The third kappa shape index (κ3) is 3.13. The first kappa shape index (κ1) is 14.2. The molecule has 1 aromatic heterocycles. The summed E-state index contributed by atoms with van der Waals surface area (Å²) >= 11 is 0. The van der Waals surface area contributed by atoms with Crippen molar-refractivity contribution in [2.75, 3.05) is 19.8 Å². The second kappa shape index (κ2) is 6.35. The van der Waals surface area contributed by atoms with Gasteiger partial charge in [-0.2, -0.15) is 0 Å². The number of fused-ring (bicyclic) bond motifs is 2. The maximum absolute atomic E-state index is 5.65. The summed E-state index contributed by atoms with van der Waals surface area (Å²) in [6, 6.07) is 3.94. The van der Waals surface area contributed by atoms with E-state index in [4.69, 9.17) is 15.2 Å². The highest BCUT2D eigenvalue weighted by molar-refractivity contribution is 5.79. The maximum Gasteiger partial charge on any atom is 0.163 e. The largest absolute Gasteiger partial charge is 0.486 e. The van der Waals surface area contributed by atoms with E-state index in [-0.39, 0.29) is 0 Å². The molecule has 0 saturated carbocycles. The van der Waals surface area contributed by atoms with Crippen LogP contribution in [-0.2, 0) is 6.42 Å². The van der Waals surface area contributed by atoms with Gasteiger partial charge in [-0.05, 0) is 25.3 Å². The lowest BCUT2D eigenvalue weighted by atomic mass is 9.96. The number of benzene rings is 1. The smallest absolute Gasteiger partial charge is 0.163 e. The Labute approximate surface area is 124 Å². The van der Waals surface area contributed by atoms with Crippen molar-refractivity contribution < 1.29 is 9.47 Å². The van der Waals surface area contributed by atoms with E-state index in [0.717, 1.165) is 54.2 Å². The Hall–Kier alpha value is -1.75. The van der Waals surface area contributed by atoms with Gasteiger partial charge in [0.1, 0.15) is 19.0 Å². The van der Waals surface area contributed by atoms with Crippen LogP contribution < -0.4 is 15.2 Å². The van der Waals surface area contributed by atoms with Crippen LogP contribution in [0.25, 0.3) is 11.0 Å². The van der Waals surface area contributed by atoms with Crippen LogP contribution in [0.1, 0.15) is 32.0 Å². The topological polar surface area (TPSA) is 73.2 Å². The van der Waals surface area contributed by atoms with E-state index in [1.807, 2.05) is 12.1 Å². The van der Waals surface area contributed by atoms with E-state index in [0.29, 0.717) is 19.1 Å². The molecule has 1 atom stereocenters. The Kier molecular flexibility index (Phi) is 4.29. The molecular weight excluding hydrogens is 266 g/mol. The highest BCUT2D eigenvalue weighted by Crippen LogP contribution is 2.33. The Morgan fingerprint density at radius 2 is 2.00 bits per heavy atom. The number of hydrogen-bond donors (Lipinski definition) is 2. The van der Waals surface area contributed by atoms with Gasteiger partial charge in [-0.25, -0.2) is 4.98 Å². The van der Waals surface area contributed by atoms with Crippen molar-refractivity contribution in [3.05, 3.63) is 18.0 Å². The number of aromatic nitrogens is 2. The molecule has 5 heteroatoms. The number of nitrogens with one attached hydrogen (secondary N) is 1. The van der Waals surface area contributed by atoms with E-state index >= 15 is 0 Å². The van der Waals surface area contributed by atoms with Crippen LogP contribution in [-0.4, -0.2) is 29.7 Å². The van der Waals surface area contributed by atoms with E-state index in [2.05, 4.69) is 16.9 Å². The number of ether oxygens (including phenoxy) is 2. The van der Waals surface area contributed by atoms with Gasteiger partial charge in [-0.1, -0.05) is 13.3 Å². The standard InChI is InChI=1S/C16H23N3O2/c1-2-11(5-6-17)3-4-16-18-12-9-14-15(10-13(12)19-16)21-8-7-20-14/h9-11H,2-8,17H2,1H3,(H,18,19). The number of imidazole rings is 1. The minimum Gasteiger partial charge on any atom is -0.486 e. The first-order valence-corrected chi connectivity index (χ1v) is 7.78. The molecule has 0 amide bonds. The maximum atomic E-state index is 5.65. The lowest BCUT2D eigenvalue weighted by Gasteiger charge is -2.17. The summed E-state index contributed by atoms with van der Waals surface area (Å²) in [5.41, 5.74) is 7.61. The number of rotatable bonds is 6. The monoisotopic (exact) mass is 289 g/mol. The molecule has 1 aliphatic heterocycles. The van der Waals surface area contributed by atoms with Crippen LogP contribution in [0.2, 0.25) is 0 Å². The molecule has 3 rings (SSSR count). The average Bonchev–Trinajstić information content (AvgIpc) is 2.90. The van der Waals surface area contributed by atoms with E-state index in [9.17, 15) is 0 Å². The van der Waals surface area contributed by atoms with E-state index < -0.39 is 0 Å². The minimum atomic E-state index is 0.604. The molecule has 0 fully saturated rings.